The molecule has 1 unspecified atom stereocenters. The van der Waals surface area contributed by atoms with Gasteiger partial charge in [0.2, 0.25) is 0 Å². The monoisotopic (exact) mass is 486 g/mol. The van der Waals surface area contributed by atoms with Crippen LogP contribution in [0.3, 0.4) is 0 Å². The molecule has 162 valence electrons. The number of carbonyl (C=O) groups excluding carboxylic acids is 1. The Hall–Kier alpha value is -2.69. The zero-order chi connectivity index (χ0) is 22.1. The van der Waals surface area contributed by atoms with Gasteiger partial charge in [0.05, 0.1) is 36.7 Å². The molecule has 0 aromatic carbocycles. The first-order chi connectivity index (χ1) is 14.9. The average Bonchev–Trinajstić information content (AvgIpc) is 3.17. The molecule has 0 spiro atoms. The second kappa shape index (κ2) is 8.81. The van der Waals surface area contributed by atoms with Crippen LogP contribution in [0, 0.1) is 0 Å². The Morgan fingerprint density at radius 2 is 2.23 bits per heavy atom. The van der Waals surface area contributed by atoms with Crippen LogP contribution in [0.2, 0.25) is 0 Å². The van der Waals surface area contributed by atoms with Crippen LogP contribution in [0.15, 0.2) is 29.0 Å². The van der Waals surface area contributed by atoms with Crippen molar-refractivity contribution >= 4 is 38.6 Å². The van der Waals surface area contributed by atoms with E-state index in [0.717, 1.165) is 16.5 Å². The van der Waals surface area contributed by atoms with Crippen molar-refractivity contribution < 1.29 is 14.3 Å². The number of nitrogen functional groups attached to an aromatic ring is 1. The largest absolute Gasteiger partial charge is 0.383 e. The molecule has 1 aliphatic rings. The second-order valence-corrected chi connectivity index (χ2v) is 8.12. The summed E-state index contributed by atoms with van der Waals surface area (Å²) in [6, 6.07) is 5.35. The molecule has 3 aromatic rings. The van der Waals surface area contributed by atoms with Crippen molar-refractivity contribution in [3.63, 3.8) is 0 Å². The van der Waals surface area contributed by atoms with Crippen molar-refractivity contribution in [3.05, 3.63) is 51.5 Å². The lowest BCUT2D eigenvalue weighted by atomic mass is 10.0. The van der Waals surface area contributed by atoms with Gasteiger partial charge in [0.15, 0.2) is 0 Å². The third-order valence-corrected chi connectivity index (χ3v) is 5.83. The summed E-state index contributed by atoms with van der Waals surface area (Å²) in [5, 5.41) is 8.98. The predicted molar refractivity (Wildman–Crippen MR) is 118 cm³/mol. The summed E-state index contributed by atoms with van der Waals surface area (Å²) in [6.45, 7) is 4.55. The van der Waals surface area contributed by atoms with Crippen molar-refractivity contribution in [2.75, 3.05) is 12.8 Å². The summed E-state index contributed by atoms with van der Waals surface area (Å²) in [6.07, 6.45) is 1.62. The maximum absolute atomic E-state index is 13.5. The zero-order valence-corrected chi connectivity index (χ0v) is 19.1. The van der Waals surface area contributed by atoms with Crippen molar-refractivity contribution in [2.24, 2.45) is 0 Å². The van der Waals surface area contributed by atoms with Crippen LogP contribution in [0.5, 0.6) is 0 Å². The van der Waals surface area contributed by atoms with Gasteiger partial charge in [0.1, 0.15) is 22.3 Å². The van der Waals surface area contributed by atoms with Gasteiger partial charge in [-0.05, 0) is 53.0 Å². The van der Waals surface area contributed by atoms with E-state index in [1.807, 2.05) is 19.9 Å². The molecule has 1 amide bonds. The molecule has 0 saturated carbocycles. The van der Waals surface area contributed by atoms with E-state index in [1.54, 1.807) is 30.3 Å². The third kappa shape index (κ3) is 4.10. The molecule has 9 nitrogen and oxygen atoms in total. The lowest BCUT2D eigenvalue weighted by Gasteiger charge is -2.29. The number of carbonyl (C=O) groups is 1. The minimum Gasteiger partial charge on any atom is -0.383 e. The van der Waals surface area contributed by atoms with Crippen LogP contribution in [-0.4, -0.2) is 44.3 Å². The number of ether oxygens (including phenoxy) is 2. The highest BCUT2D eigenvalue weighted by Gasteiger charge is 2.28. The maximum atomic E-state index is 13.5. The predicted octanol–water partition coefficient (Wildman–Crippen LogP) is 3.38. The molecule has 1 aliphatic heterocycles. The number of fused-ring (bicyclic) bond motifs is 3. The van der Waals surface area contributed by atoms with Gasteiger partial charge in [-0.1, -0.05) is 6.92 Å². The number of aromatic nitrogens is 4. The molecule has 0 fully saturated rings. The Bertz CT molecular complexity index is 1120. The standard InChI is InChI=1S/C21H23BrN6O3/c1-4-18(30-3)28(9-12-5-6-17(22)27-26-12)21(29)15-7-13-14-10-31-11(2)19(14)20(23)25-16(13)8-24-15/h5-8,11,18H,4,9-10H2,1-3H3,(H2,23,25)/t11-,18?/m1/s1. The fourth-order valence-electron chi connectivity index (χ4n) is 3.85. The molecular formula is C21H23BrN6O3. The molecule has 0 saturated heterocycles. The number of hydrogen-bond donors (Lipinski definition) is 1. The van der Waals surface area contributed by atoms with Crippen LogP contribution in [0.1, 0.15) is 53.7 Å². The van der Waals surface area contributed by atoms with Gasteiger partial charge in [0.25, 0.3) is 5.91 Å². The van der Waals surface area contributed by atoms with Gasteiger partial charge in [-0.3, -0.25) is 4.79 Å². The number of halogens is 1. The highest BCUT2D eigenvalue weighted by atomic mass is 79.9. The quantitative estimate of drug-likeness (QED) is 0.526. The minimum absolute atomic E-state index is 0.135. The topological polar surface area (TPSA) is 116 Å². The Balaban J connectivity index is 1.74. The van der Waals surface area contributed by atoms with E-state index in [2.05, 4.69) is 36.1 Å². The number of amides is 1. The van der Waals surface area contributed by atoms with Crippen LogP contribution in [0.25, 0.3) is 10.9 Å². The lowest BCUT2D eigenvalue weighted by molar-refractivity contribution is -0.0270. The van der Waals surface area contributed by atoms with E-state index < -0.39 is 6.23 Å². The molecule has 0 aliphatic carbocycles. The summed E-state index contributed by atoms with van der Waals surface area (Å²) < 4.78 is 11.9. The Morgan fingerprint density at radius 1 is 1.42 bits per heavy atom. The highest BCUT2D eigenvalue weighted by Crippen LogP contribution is 2.38. The fraction of sp³-hybridized carbons (Fsp3) is 0.381. The zero-order valence-electron chi connectivity index (χ0n) is 17.5. The van der Waals surface area contributed by atoms with E-state index in [9.17, 15) is 4.79 Å². The third-order valence-electron chi connectivity index (χ3n) is 5.40. The van der Waals surface area contributed by atoms with E-state index in [-0.39, 0.29) is 18.6 Å². The number of methoxy groups -OCH3 is 1. The average molecular weight is 487 g/mol. The van der Waals surface area contributed by atoms with E-state index in [1.165, 1.54) is 0 Å². The SMILES string of the molecule is CCC(OC)N(Cc1ccc(Br)nn1)C(=O)c1cc2c3c(c(N)nc2cn1)[C@@H](C)OC3. The fourth-order valence-corrected chi connectivity index (χ4v) is 4.07. The van der Waals surface area contributed by atoms with Crippen molar-refractivity contribution in [1.82, 2.24) is 25.1 Å². The molecular weight excluding hydrogens is 464 g/mol. The Kier molecular flexibility index (Phi) is 6.12. The first-order valence-corrected chi connectivity index (χ1v) is 10.7. The summed E-state index contributed by atoms with van der Waals surface area (Å²) in [7, 11) is 1.58. The molecule has 4 heterocycles. The van der Waals surface area contributed by atoms with Crippen molar-refractivity contribution in [3.8, 4) is 0 Å². The normalized spacial score (nSPS) is 16.3. The van der Waals surface area contributed by atoms with Crippen molar-refractivity contribution in [2.45, 2.75) is 45.8 Å². The number of nitrogens with zero attached hydrogens (tertiary/aromatic N) is 5. The summed E-state index contributed by atoms with van der Waals surface area (Å²) in [5.41, 5.74) is 9.52. The molecule has 10 heteroatoms. The smallest absolute Gasteiger partial charge is 0.274 e. The van der Waals surface area contributed by atoms with Crippen LogP contribution >= 0.6 is 15.9 Å². The van der Waals surface area contributed by atoms with Gasteiger partial charge in [0, 0.05) is 18.1 Å². The number of pyridine rings is 2. The molecule has 4 rings (SSSR count). The Labute approximate surface area is 188 Å². The molecule has 0 radical (unpaired) electrons. The van der Waals surface area contributed by atoms with Crippen molar-refractivity contribution in [1.29, 1.82) is 0 Å². The van der Waals surface area contributed by atoms with E-state index >= 15 is 0 Å². The summed E-state index contributed by atoms with van der Waals surface area (Å²) in [5.74, 6) is 0.173. The van der Waals surface area contributed by atoms with Crippen LogP contribution in [-0.2, 0) is 22.6 Å². The van der Waals surface area contributed by atoms with Gasteiger partial charge in [-0.15, -0.1) is 5.10 Å². The van der Waals surface area contributed by atoms with E-state index in [0.29, 0.717) is 40.4 Å². The molecule has 3 aromatic heterocycles. The van der Waals surface area contributed by atoms with Crippen LogP contribution < -0.4 is 5.73 Å². The van der Waals surface area contributed by atoms with Gasteiger partial charge in [-0.25, -0.2) is 9.97 Å². The molecule has 2 atom stereocenters. The van der Waals surface area contributed by atoms with Gasteiger partial charge >= 0.3 is 0 Å². The minimum atomic E-state index is -0.436. The van der Waals surface area contributed by atoms with Gasteiger partial charge < -0.3 is 20.1 Å². The summed E-state index contributed by atoms with van der Waals surface area (Å²) in [4.78, 5) is 23.9. The number of hydrogen-bond acceptors (Lipinski definition) is 8. The van der Waals surface area contributed by atoms with E-state index in [4.69, 9.17) is 15.2 Å². The second-order valence-electron chi connectivity index (χ2n) is 7.31. The maximum Gasteiger partial charge on any atom is 0.274 e. The molecule has 31 heavy (non-hydrogen) atoms. The number of nitrogens with two attached hydrogens (primary N) is 1. The summed E-state index contributed by atoms with van der Waals surface area (Å²) >= 11 is 3.28. The van der Waals surface area contributed by atoms with Gasteiger partial charge in [-0.2, -0.15) is 5.10 Å². The first-order valence-electron chi connectivity index (χ1n) is 9.94. The number of rotatable bonds is 6. The highest BCUT2D eigenvalue weighted by molar-refractivity contribution is 9.10. The Morgan fingerprint density at radius 3 is 2.90 bits per heavy atom. The lowest BCUT2D eigenvalue weighted by Crippen LogP contribution is -2.41. The molecule has 0 bridgehead atoms. The first kappa shape index (κ1) is 21.5. The molecule has 2 N–H and O–H groups in total. The number of anilines is 1. The van der Waals surface area contributed by atoms with Crippen LogP contribution in [0.4, 0.5) is 5.82 Å².